The van der Waals surface area contributed by atoms with Crippen LogP contribution >= 0.6 is 0 Å². The number of aliphatic carboxylic acids is 1. The number of rotatable bonds is 9. The van der Waals surface area contributed by atoms with Crippen LogP contribution < -0.4 is 10.6 Å². The van der Waals surface area contributed by atoms with E-state index >= 15 is 0 Å². The van der Waals surface area contributed by atoms with Gasteiger partial charge in [-0.05, 0) is 35.1 Å². The van der Waals surface area contributed by atoms with E-state index in [0.717, 1.165) is 22.3 Å². The molecule has 31 heavy (non-hydrogen) atoms. The van der Waals surface area contributed by atoms with Crippen LogP contribution in [0.15, 0.2) is 48.5 Å². The van der Waals surface area contributed by atoms with Crippen molar-refractivity contribution in [3.8, 4) is 11.1 Å². The Morgan fingerprint density at radius 2 is 1.52 bits per heavy atom. The molecule has 0 spiro atoms. The van der Waals surface area contributed by atoms with E-state index in [4.69, 9.17) is 9.84 Å². The number of amides is 2. The number of ether oxygens (including phenoxy) is 1. The number of fused-ring (bicyclic) bond motifs is 3. The van der Waals surface area contributed by atoms with E-state index in [9.17, 15) is 14.4 Å². The molecule has 7 heteroatoms. The van der Waals surface area contributed by atoms with Crippen LogP contribution in [0.4, 0.5) is 4.79 Å². The van der Waals surface area contributed by atoms with Crippen molar-refractivity contribution in [2.24, 2.45) is 0 Å². The van der Waals surface area contributed by atoms with Crippen LogP contribution in [0, 0.1) is 0 Å². The fraction of sp³-hybridized carbons (Fsp3) is 0.375. The molecule has 3 N–H and O–H groups in total. The lowest BCUT2D eigenvalue weighted by molar-refractivity contribution is -0.142. The monoisotopic (exact) mass is 424 g/mol. The van der Waals surface area contributed by atoms with Gasteiger partial charge >= 0.3 is 12.1 Å². The molecule has 3 rings (SSSR count). The molecule has 2 atom stereocenters. The predicted octanol–water partition coefficient (Wildman–Crippen LogP) is 3.67. The highest BCUT2D eigenvalue weighted by Gasteiger charge is 2.29. The molecule has 0 fully saturated rings. The maximum absolute atomic E-state index is 12.4. The maximum Gasteiger partial charge on any atom is 0.407 e. The number of benzene rings is 2. The van der Waals surface area contributed by atoms with Crippen LogP contribution in [0.3, 0.4) is 0 Å². The fourth-order valence-electron chi connectivity index (χ4n) is 3.92. The standard InChI is InChI=1S/C24H28N2O5/c1-3-15(13-22(27)26-21(4-2)23(28)29)25-24(30)31-14-20-18-11-7-5-9-16(18)17-10-6-8-12-19(17)20/h5-12,15,20-21H,3-4,13-14H2,1-2H3,(H,25,30)(H,26,27)(H,28,29)/t15-,21?/m0/s1. The zero-order valence-corrected chi connectivity index (χ0v) is 17.8. The molecule has 0 saturated heterocycles. The number of carbonyl (C=O) groups excluding carboxylic acids is 2. The lowest BCUT2D eigenvalue weighted by Gasteiger charge is -2.19. The first-order valence-corrected chi connectivity index (χ1v) is 10.6. The van der Waals surface area contributed by atoms with Gasteiger partial charge in [-0.3, -0.25) is 4.79 Å². The van der Waals surface area contributed by atoms with Crippen LogP contribution in [0.25, 0.3) is 11.1 Å². The van der Waals surface area contributed by atoms with Crippen molar-refractivity contribution in [3.05, 3.63) is 59.7 Å². The Bertz CT molecular complexity index is 913. The molecule has 7 nitrogen and oxygen atoms in total. The van der Waals surface area contributed by atoms with Gasteiger partial charge in [0.25, 0.3) is 0 Å². The van der Waals surface area contributed by atoms with Gasteiger partial charge in [-0.1, -0.05) is 62.4 Å². The highest BCUT2D eigenvalue weighted by atomic mass is 16.5. The lowest BCUT2D eigenvalue weighted by atomic mass is 9.98. The summed E-state index contributed by atoms with van der Waals surface area (Å²) in [5.74, 6) is -1.53. The highest BCUT2D eigenvalue weighted by molar-refractivity contribution is 5.84. The molecule has 1 aliphatic rings. The Morgan fingerprint density at radius 1 is 0.935 bits per heavy atom. The molecule has 0 saturated carbocycles. The largest absolute Gasteiger partial charge is 0.480 e. The molecule has 2 aromatic rings. The summed E-state index contributed by atoms with van der Waals surface area (Å²) in [6.07, 6.45) is 0.204. The van der Waals surface area contributed by atoms with E-state index in [-0.39, 0.29) is 25.4 Å². The summed E-state index contributed by atoms with van der Waals surface area (Å²) in [5.41, 5.74) is 4.56. The fourth-order valence-corrected chi connectivity index (χ4v) is 3.92. The smallest absolute Gasteiger partial charge is 0.407 e. The first-order valence-electron chi connectivity index (χ1n) is 10.6. The zero-order chi connectivity index (χ0) is 22.4. The first-order chi connectivity index (χ1) is 14.9. The van der Waals surface area contributed by atoms with Crippen LogP contribution in [-0.4, -0.2) is 41.8 Å². The van der Waals surface area contributed by atoms with E-state index in [1.807, 2.05) is 43.3 Å². The van der Waals surface area contributed by atoms with Gasteiger partial charge < -0.3 is 20.5 Å². The van der Waals surface area contributed by atoms with Gasteiger partial charge in [0, 0.05) is 18.4 Å². The Labute approximate surface area is 181 Å². The number of hydrogen-bond acceptors (Lipinski definition) is 4. The molecule has 0 aromatic heterocycles. The second kappa shape index (κ2) is 10.1. The van der Waals surface area contributed by atoms with Crippen molar-refractivity contribution in [1.82, 2.24) is 10.6 Å². The predicted molar refractivity (Wildman–Crippen MR) is 117 cm³/mol. The summed E-state index contributed by atoms with van der Waals surface area (Å²) >= 11 is 0. The second-order valence-corrected chi connectivity index (χ2v) is 7.65. The number of alkyl carbamates (subject to hydrolysis) is 1. The van der Waals surface area contributed by atoms with Crippen LogP contribution in [0.2, 0.25) is 0 Å². The molecule has 2 aromatic carbocycles. The highest BCUT2D eigenvalue weighted by Crippen LogP contribution is 2.44. The Kier molecular flexibility index (Phi) is 7.28. The van der Waals surface area contributed by atoms with Crippen LogP contribution in [0.1, 0.15) is 50.2 Å². The van der Waals surface area contributed by atoms with Crippen LogP contribution in [-0.2, 0) is 14.3 Å². The van der Waals surface area contributed by atoms with Crippen molar-refractivity contribution in [2.45, 2.75) is 51.1 Å². The number of hydrogen-bond donors (Lipinski definition) is 3. The molecule has 1 unspecified atom stereocenters. The third kappa shape index (κ3) is 5.23. The van der Waals surface area contributed by atoms with Gasteiger partial charge in [-0.15, -0.1) is 0 Å². The zero-order valence-electron chi connectivity index (χ0n) is 17.8. The maximum atomic E-state index is 12.4. The first kappa shape index (κ1) is 22.3. The summed E-state index contributed by atoms with van der Waals surface area (Å²) in [6, 6.07) is 14.8. The summed E-state index contributed by atoms with van der Waals surface area (Å²) < 4.78 is 5.52. The summed E-state index contributed by atoms with van der Waals surface area (Å²) in [7, 11) is 0. The molecule has 0 radical (unpaired) electrons. The second-order valence-electron chi connectivity index (χ2n) is 7.65. The molecule has 1 aliphatic carbocycles. The number of carboxylic acid groups (broad SMARTS) is 1. The van der Waals surface area contributed by atoms with Crippen molar-refractivity contribution in [3.63, 3.8) is 0 Å². The van der Waals surface area contributed by atoms with Crippen molar-refractivity contribution in [2.75, 3.05) is 6.61 Å². The number of carbonyl (C=O) groups is 3. The van der Waals surface area contributed by atoms with Crippen molar-refractivity contribution in [1.29, 1.82) is 0 Å². The molecule has 0 bridgehead atoms. The molecule has 0 heterocycles. The van der Waals surface area contributed by atoms with Gasteiger partial charge in [0.2, 0.25) is 5.91 Å². The molecule has 164 valence electrons. The lowest BCUT2D eigenvalue weighted by Crippen LogP contribution is -2.44. The van der Waals surface area contributed by atoms with E-state index in [0.29, 0.717) is 6.42 Å². The third-order valence-electron chi connectivity index (χ3n) is 5.63. The van der Waals surface area contributed by atoms with E-state index in [1.54, 1.807) is 6.92 Å². The minimum absolute atomic E-state index is 0.00945. The van der Waals surface area contributed by atoms with E-state index in [2.05, 4.69) is 22.8 Å². The number of nitrogens with one attached hydrogen (secondary N) is 2. The summed E-state index contributed by atoms with van der Waals surface area (Å²) in [5, 5.41) is 14.3. The molecule has 0 aliphatic heterocycles. The van der Waals surface area contributed by atoms with Gasteiger partial charge in [-0.25, -0.2) is 9.59 Å². The van der Waals surface area contributed by atoms with Gasteiger partial charge in [-0.2, -0.15) is 0 Å². The van der Waals surface area contributed by atoms with Gasteiger partial charge in [0.15, 0.2) is 0 Å². The Morgan fingerprint density at radius 3 is 2.03 bits per heavy atom. The normalized spacial score (nSPS) is 14.1. The molecular weight excluding hydrogens is 396 g/mol. The summed E-state index contributed by atoms with van der Waals surface area (Å²) in [6.45, 7) is 3.72. The number of carboxylic acids is 1. The van der Waals surface area contributed by atoms with Gasteiger partial charge in [0.05, 0.1) is 0 Å². The Balaban J connectivity index is 1.57. The summed E-state index contributed by atoms with van der Waals surface area (Å²) in [4.78, 5) is 35.6. The quantitative estimate of drug-likeness (QED) is 0.570. The molecule has 2 amide bonds. The minimum atomic E-state index is -1.08. The third-order valence-corrected chi connectivity index (χ3v) is 5.63. The van der Waals surface area contributed by atoms with Crippen LogP contribution in [0.5, 0.6) is 0 Å². The van der Waals surface area contributed by atoms with Crippen molar-refractivity contribution < 1.29 is 24.2 Å². The Hall–Kier alpha value is -3.35. The average molecular weight is 424 g/mol. The van der Waals surface area contributed by atoms with E-state index in [1.165, 1.54) is 0 Å². The topological polar surface area (TPSA) is 105 Å². The van der Waals surface area contributed by atoms with E-state index < -0.39 is 30.1 Å². The van der Waals surface area contributed by atoms with Crippen molar-refractivity contribution >= 4 is 18.0 Å². The molecular formula is C24H28N2O5. The SMILES string of the molecule is CCC(NC(=O)C[C@H](CC)NC(=O)OCC1c2ccccc2-c2ccccc21)C(=O)O. The average Bonchev–Trinajstić information content (AvgIpc) is 3.09. The minimum Gasteiger partial charge on any atom is -0.480 e. The van der Waals surface area contributed by atoms with Gasteiger partial charge in [0.1, 0.15) is 12.6 Å².